The quantitative estimate of drug-likeness (QED) is 0.283. The number of nitrogens with zero attached hydrogens (tertiary/aromatic N) is 4. The van der Waals surface area contributed by atoms with Gasteiger partial charge in [-0.15, -0.1) is 0 Å². The van der Waals surface area contributed by atoms with Crippen molar-refractivity contribution in [1.29, 1.82) is 0 Å². The molecule has 2 aromatic carbocycles. The van der Waals surface area contributed by atoms with Crippen LogP contribution in [-0.4, -0.2) is 53.1 Å². The Morgan fingerprint density at radius 2 is 1.71 bits per heavy atom. The standard InChI is InChI=1S/C27H31BrN4O2/c1-30(2)16-17-31(19-22-10-12-23(28)13-11-22)15-6-9-25-29-26-24(14-18-34-26)27(33)32(25)20-21-7-4-3-5-8-21/h3-5,7-8,10-14,18H,6,9,15-17,19-20H2,1-2H3. The van der Waals surface area contributed by atoms with Crippen molar-refractivity contribution in [2.45, 2.75) is 25.9 Å². The summed E-state index contributed by atoms with van der Waals surface area (Å²) < 4.78 is 8.37. The van der Waals surface area contributed by atoms with E-state index in [4.69, 9.17) is 9.40 Å². The molecule has 34 heavy (non-hydrogen) atoms. The number of furan rings is 1. The Balaban J connectivity index is 1.50. The Labute approximate surface area is 209 Å². The number of aryl methyl sites for hydroxylation is 1. The van der Waals surface area contributed by atoms with Crippen molar-refractivity contribution >= 4 is 27.0 Å². The number of benzene rings is 2. The van der Waals surface area contributed by atoms with E-state index in [0.29, 0.717) is 24.1 Å². The van der Waals surface area contributed by atoms with Crippen LogP contribution in [0.1, 0.15) is 23.4 Å². The van der Waals surface area contributed by atoms with Crippen LogP contribution in [0, 0.1) is 0 Å². The van der Waals surface area contributed by atoms with Crippen LogP contribution in [-0.2, 0) is 19.5 Å². The fourth-order valence-electron chi connectivity index (χ4n) is 4.03. The second-order valence-corrected chi connectivity index (χ2v) is 9.77. The third-order valence-corrected chi connectivity index (χ3v) is 6.43. The summed E-state index contributed by atoms with van der Waals surface area (Å²) in [6, 6.07) is 20.3. The molecule has 0 saturated carbocycles. The van der Waals surface area contributed by atoms with E-state index in [1.807, 2.05) is 30.3 Å². The van der Waals surface area contributed by atoms with Gasteiger partial charge >= 0.3 is 0 Å². The number of likely N-dealkylation sites (N-methyl/N-ethyl adjacent to an activating group) is 1. The first-order valence-corrected chi connectivity index (χ1v) is 12.4. The first kappa shape index (κ1) is 24.4. The van der Waals surface area contributed by atoms with Gasteiger partial charge in [0.15, 0.2) is 0 Å². The molecule has 0 bridgehead atoms. The van der Waals surface area contributed by atoms with Gasteiger partial charge in [0, 0.05) is 30.5 Å². The van der Waals surface area contributed by atoms with Crippen LogP contribution >= 0.6 is 15.9 Å². The summed E-state index contributed by atoms with van der Waals surface area (Å²) in [5, 5.41) is 0.530. The number of halogens is 1. The molecule has 7 heteroatoms. The van der Waals surface area contributed by atoms with E-state index in [0.717, 1.165) is 48.5 Å². The zero-order chi connectivity index (χ0) is 23.9. The highest BCUT2D eigenvalue weighted by Crippen LogP contribution is 2.15. The summed E-state index contributed by atoms with van der Waals surface area (Å²) in [5.74, 6) is 0.771. The minimum Gasteiger partial charge on any atom is -0.446 e. The second-order valence-electron chi connectivity index (χ2n) is 8.85. The van der Waals surface area contributed by atoms with Crippen molar-refractivity contribution < 1.29 is 4.42 Å². The van der Waals surface area contributed by atoms with Crippen LogP contribution in [0.4, 0.5) is 0 Å². The molecule has 0 fully saturated rings. The Bertz CT molecular complexity index is 1250. The molecule has 4 aromatic rings. The van der Waals surface area contributed by atoms with Gasteiger partial charge in [0.1, 0.15) is 11.2 Å². The molecular formula is C27H31BrN4O2. The molecule has 0 amide bonds. The van der Waals surface area contributed by atoms with Crippen LogP contribution < -0.4 is 5.56 Å². The van der Waals surface area contributed by atoms with Crippen LogP contribution in [0.2, 0.25) is 0 Å². The molecule has 0 aliphatic rings. The Morgan fingerprint density at radius 1 is 0.941 bits per heavy atom. The van der Waals surface area contributed by atoms with E-state index in [-0.39, 0.29) is 5.56 Å². The lowest BCUT2D eigenvalue weighted by Gasteiger charge is -2.24. The summed E-state index contributed by atoms with van der Waals surface area (Å²) >= 11 is 3.52. The lowest BCUT2D eigenvalue weighted by molar-refractivity contribution is 0.230. The molecule has 178 valence electrons. The SMILES string of the molecule is CN(C)CCN(CCCc1nc2occc2c(=O)n1Cc1ccccc1)Cc1ccc(Br)cc1. The van der Waals surface area contributed by atoms with Crippen molar-refractivity contribution in [3.63, 3.8) is 0 Å². The average molecular weight is 523 g/mol. The van der Waals surface area contributed by atoms with Crippen molar-refractivity contribution in [3.05, 3.63) is 98.7 Å². The van der Waals surface area contributed by atoms with Crippen molar-refractivity contribution in [3.8, 4) is 0 Å². The van der Waals surface area contributed by atoms with Gasteiger partial charge in [-0.2, -0.15) is 4.98 Å². The molecule has 0 saturated heterocycles. The van der Waals surface area contributed by atoms with Gasteiger partial charge in [-0.1, -0.05) is 58.4 Å². The number of rotatable bonds is 11. The van der Waals surface area contributed by atoms with Gasteiger partial charge in [0.25, 0.3) is 5.56 Å². The fourth-order valence-corrected chi connectivity index (χ4v) is 4.30. The third-order valence-electron chi connectivity index (χ3n) is 5.90. The Morgan fingerprint density at radius 3 is 2.44 bits per heavy atom. The van der Waals surface area contributed by atoms with Crippen molar-refractivity contribution in [2.24, 2.45) is 0 Å². The molecule has 0 aliphatic carbocycles. The van der Waals surface area contributed by atoms with Gasteiger partial charge in [-0.05, 0) is 56.4 Å². The first-order chi connectivity index (χ1) is 16.5. The van der Waals surface area contributed by atoms with Gasteiger partial charge < -0.3 is 9.32 Å². The summed E-state index contributed by atoms with van der Waals surface area (Å²) in [4.78, 5) is 22.6. The smallest absolute Gasteiger partial charge is 0.265 e. The number of hydrogen-bond acceptors (Lipinski definition) is 5. The topological polar surface area (TPSA) is 54.5 Å². The summed E-state index contributed by atoms with van der Waals surface area (Å²) in [5.41, 5.74) is 2.75. The molecule has 0 atom stereocenters. The lowest BCUT2D eigenvalue weighted by Crippen LogP contribution is -2.33. The Kier molecular flexibility index (Phi) is 8.32. The highest BCUT2D eigenvalue weighted by Gasteiger charge is 2.15. The van der Waals surface area contributed by atoms with Crippen molar-refractivity contribution in [2.75, 3.05) is 33.7 Å². The first-order valence-electron chi connectivity index (χ1n) is 11.6. The predicted octanol–water partition coefficient (Wildman–Crippen LogP) is 4.80. The molecule has 2 heterocycles. The van der Waals surface area contributed by atoms with E-state index in [2.05, 4.69) is 64.1 Å². The molecule has 2 aromatic heterocycles. The van der Waals surface area contributed by atoms with Gasteiger partial charge in [0.05, 0.1) is 12.8 Å². The maximum Gasteiger partial charge on any atom is 0.265 e. The largest absolute Gasteiger partial charge is 0.446 e. The van der Waals surface area contributed by atoms with E-state index < -0.39 is 0 Å². The number of hydrogen-bond donors (Lipinski definition) is 0. The molecule has 0 radical (unpaired) electrons. The van der Waals surface area contributed by atoms with E-state index in [9.17, 15) is 4.79 Å². The van der Waals surface area contributed by atoms with Crippen LogP contribution in [0.15, 0.2) is 80.6 Å². The summed E-state index contributed by atoms with van der Waals surface area (Å²) in [6.45, 7) is 4.28. The van der Waals surface area contributed by atoms with Crippen LogP contribution in [0.25, 0.3) is 11.1 Å². The highest BCUT2D eigenvalue weighted by molar-refractivity contribution is 9.10. The van der Waals surface area contributed by atoms with Gasteiger partial charge in [0.2, 0.25) is 5.71 Å². The van der Waals surface area contributed by atoms with Crippen LogP contribution in [0.3, 0.4) is 0 Å². The lowest BCUT2D eigenvalue weighted by atomic mass is 10.2. The monoisotopic (exact) mass is 522 g/mol. The maximum atomic E-state index is 13.2. The predicted molar refractivity (Wildman–Crippen MR) is 140 cm³/mol. The van der Waals surface area contributed by atoms with E-state index in [1.165, 1.54) is 11.8 Å². The Hall–Kier alpha value is -2.74. The third kappa shape index (κ3) is 6.44. The maximum absolute atomic E-state index is 13.2. The number of fused-ring (bicyclic) bond motifs is 1. The zero-order valence-corrected chi connectivity index (χ0v) is 21.4. The van der Waals surface area contributed by atoms with Gasteiger partial charge in [-0.25, -0.2) is 0 Å². The molecule has 0 spiro atoms. The highest BCUT2D eigenvalue weighted by atomic mass is 79.9. The summed E-state index contributed by atoms with van der Waals surface area (Å²) in [6.07, 6.45) is 3.14. The fraction of sp³-hybridized carbons (Fsp3) is 0.333. The van der Waals surface area contributed by atoms with E-state index >= 15 is 0 Å². The normalized spacial score (nSPS) is 11.7. The molecule has 6 nitrogen and oxygen atoms in total. The number of aromatic nitrogens is 2. The van der Waals surface area contributed by atoms with Gasteiger partial charge in [-0.3, -0.25) is 14.3 Å². The van der Waals surface area contributed by atoms with E-state index in [1.54, 1.807) is 10.6 Å². The second kappa shape index (κ2) is 11.6. The molecule has 0 aliphatic heterocycles. The molecule has 0 unspecified atom stereocenters. The minimum atomic E-state index is -0.0445. The molecule has 0 N–H and O–H groups in total. The van der Waals surface area contributed by atoms with Crippen LogP contribution in [0.5, 0.6) is 0 Å². The molecule has 4 rings (SSSR count). The average Bonchev–Trinajstić information content (AvgIpc) is 3.30. The minimum absolute atomic E-state index is 0.0445. The summed E-state index contributed by atoms with van der Waals surface area (Å²) in [7, 11) is 4.20. The molecular weight excluding hydrogens is 492 g/mol. The van der Waals surface area contributed by atoms with Crippen molar-refractivity contribution in [1.82, 2.24) is 19.4 Å². The zero-order valence-electron chi connectivity index (χ0n) is 19.8.